The zero-order valence-corrected chi connectivity index (χ0v) is 13.9. The maximum absolute atomic E-state index is 4.72. The molecule has 20 heavy (non-hydrogen) atoms. The smallest absolute Gasteiger partial charge is 0.224 e. The summed E-state index contributed by atoms with van der Waals surface area (Å²) in [6.45, 7) is 16.2. The molecule has 0 unspecified atom stereocenters. The van der Waals surface area contributed by atoms with Gasteiger partial charge in [0.25, 0.3) is 0 Å². The Balaban J connectivity index is 2.97. The molecule has 114 valence electrons. The predicted molar refractivity (Wildman–Crippen MR) is 87.4 cm³/mol. The molecule has 0 aliphatic carbocycles. The second kappa shape index (κ2) is 8.08. The summed E-state index contributed by atoms with van der Waals surface area (Å²) in [5.74, 6) is 3.05. The molecule has 0 saturated heterocycles. The van der Waals surface area contributed by atoms with Gasteiger partial charge in [0, 0.05) is 31.4 Å². The van der Waals surface area contributed by atoms with E-state index in [9.17, 15) is 0 Å². The van der Waals surface area contributed by atoms with Crippen LogP contribution in [-0.2, 0) is 0 Å². The highest BCUT2D eigenvalue weighted by Crippen LogP contribution is 2.20. The van der Waals surface area contributed by atoms with E-state index in [0.29, 0.717) is 11.8 Å². The van der Waals surface area contributed by atoms with E-state index in [1.807, 2.05) is 6.20 Å². The quantitative estimate of drug-likeness (QED) is 0.786. The fourth-order valence-electron chi connectivity index (χ4n) is 2.20. The molecule has 0 saturated carbocycles. The van der Waals surface area contributed by atoms with Gasteiger partial charge < -0.3 is 10.2 Å². The highest BCUT2D eigenvalue weighted by molar-refractivity contribution is 5.49. The van der Waals surface area contributed by atoms with Crippen LogP contribution in [0.25, 0.3) is 0 Å². The Morgan fingerprint density at radius 3 is 2.25 bits per heavy atom. The number of nitrogens with one attached hydrogen (secondary N) is 1. The molecule has 1 N–H and O–H groups in total. The van der Waals surface area contributed by atoms with Crippen LogP contribution in [0.15, 0.2) is 6.20 Å². The summed E-state index contributed by atoms with van der Waals surface area (Å²) < 4.78 is 0. The number of aromatic nitrogens is 2. The molecule has 1 aromatic heterocycles. The molecule has 0 aliphatic heterocycles. The number of hydrogen-bond acceptors (Lipinski definition) is 4. The molecule has 0 fully saturated rings. The van der Waals surface area contributed by atoms with Crippen LogP contribution in [0.2, 0.25) is 0 Å². The van der Waals surface area contributed by atoms with Crippen LogP contribution >= 0.6 is 0 Å². The van der Waals surface area contributed by atoms with Gasteiger partial charge in [0.2, 0.25) is 5.95 Å². The number of anilines is 2. The molecule has 0 aromatic carbocycles. The van der Waals surface area contributed by atoms with Gasteiger partial charge in [0.15, 0.2) is 0 Å². The average molecular weight is 278 g/mol. The first-order valence-corrected chi connectivity index (χ1v) is 7.76. The van der Waals surface area contributed by atoms with Crippen molar-refractivity contribution in [3.8, 4) is 0 Å². The van der Waals surface area contributed by atoms with Crippen molar-refractivity contribution in [1.29, 1.82) is 0 Å². The maximum atomic E-state index is 4.72. The van der Waals surface area contributed by atoms with Gasteiger partial charge in [-0.15, -0.1) is 0 Å². The van der Waals surface area contributed by atoms with Gasteiger partial charge in [-0.3, -0.25) is 0 Å². The molecule has 1 heterocycles. The van der Waals surface area contributed by atoms with Crippen molar-refractivity contribution in [3.05, 3.63) is 11.8 Å². The average Bonchev–Trinajstić information content (AvgIpc) is 2.36. The van der Waals surface area contributed by atoms with Crippen LogP contribution in [0.4, 0.5) is 11.8 Å². The standard InChI is InChI=1S/C16H30N4/c1-7-8-17-16-18-9-14(6)15(19-16)20(10-12(2)3)11-13(4)5/h9,12-13H,7-8,10-11H2,1-6H3,(H,17,18,19). The molecule has 0 radical (unpaired) electrons. The largest absolute Gasteiger partial charge is 0.356 e. The highest BCUT2D eigenvalue weighted by Gasteiger charge is 2.15. The third-order valence-corrected chi connectivity index (χ3v) is 2.95. The number of rotatable bonds is 8. The predicted octanol–water partition coefficient (Wildman–Crippen LogP) is 3.73. The Kier molecular flexibility index (Phi) is 6.76. The molecule has 0 amide bonds. The Morgan fingerprint density at radius 1 is 1.15 bits per heavy atom. The third-order valence-electron chi connectivity index (χ3n) is 2.95. The van der Waals surface area contributed by atoms with Gasteiger partial charge in [-0.1, -0.05) is 34.6 Å². The molecule has 4 heteroatoms. The molecular weight excluding hydrogens is 248 g/mol. The molecular formula is C16H30N4. The fourth-order valence-corrected chi connectivity index (χ4v) is 2.20. The SMILES string of the molecule is CCCNc1ncc(C)c(N(CC(C)C)CC(C)C)n1. The van der Waals surface area contributed by atoms with Crippen LogP contribution < -0.4 is 10.2 Å². The minimum absolute atomic E-state index is 0.621. The van der Waals surface area contributed by atoms with Crippen molar-refractivity contribution < 1.29 is 0 Å². The Labute approximate surface area is 124 Å². The number of hydrogen-bond donors (Lipinski definition) is 1. The lowest BCUT2D eigenvalue weighted by Crippen LogP contribution is -2.33. The molecule has 4 nitrogen and oxygen atoms in total. The monoisotopic (exact) mass is 278 g/mol. The van der Waals surface area contributed by atoms with Crippen molar-refractivity contribution in [2.75, 3.05) is 29.9 Å². The van der Waals surface area contributed by atoms with E-state index >= 15 is 0 Å². The van der Waals surface area contributed by atoms with E-state index in [4.69, 9.17) is 4.98 Å². The summed E-state index contributed by atoms with van der Waals surface area (Å²) in [7, 11) is 0. The molecule has 0 aliphatic rings. The summed E-state index contributed by atoms with van der Waals surface area (Å²) in [5, 5.41) is 3.27. The maximum Gasteiger partial charge on any atom is 0.224 e. The summed E-state index contributed by atoms with van der Waals surface area (Å²) in [6, 6.07) is 0. The van der Waals surface area contributed by atoms with Crippen LogP contribution in [0.3, 0.4) is 0 Å². The molecule has 0 spiro atoms. The minimum Gasteiger partial charge on any atom is -0.356 e. The summed E-state index contributed by atoms with van der Waals surface area (Å²) in [5.41, 5.74) is 1.15. The highest BCUT2D eigenvalue weighted by atomic mass is 15.2. The van der Waals surface area contributed by atoms with Crippen molar-refractivity contribution in [1.82, 2.24) is 9.97 Å². The van der Waals surface area contributed by atoms with E-state index in [0.717, 1.165) is 43.4 Å². The second-order valence-corrected chi connectivity index (χ2v) is 6.32. The Hall–Kier alpha value is -1.32. The summed E-state index contributed by atoms with van der Waals surface area (Å²) in [6.07, 6.45) is 3.00. The van der Waals surface area contributed by atoms with Crippen molar-refractivity contribution in [2.24, 2.45) is 11.8 Å². The van der Waals surface area contributed by atoms with Gasteiger partial charge in [-0.2, -0.15) is 4.98 Å². The Morgan fingerprint density at radius 2 is 1.75 bits per heavy atom. The first-order chi connectivity index (χ1) is 9.43. The van der Waals surface area contributed by atoms with Gasteiger partial charge in [0.1, 0.15) is 5.82 Å². The zero-order valence-electron chi connectivity index (χ0n) is 13.9. The van der Waals surface area contributed by atoms with Crippen LogP contribution in [0, 0.1) is 18.8 Å². The number of nitrogens with zero attached hydrogens (tertiary/aromatic N) is 3. The molecule has 0 bridgehead atoms. The van der Waals surface area contributed by atoms with E-state index in [1.54, 1.807) is 0 Å². The van der Waals surface area contributed by atoms with Crippen molar-refractivity contribution in [3.63, 3.8) is 0 Å². The van der Waals surface area contributed by atoms with E-state index in [1.165, 1.54) is 0 Å². The van der Waals surface area contributed by atoms with Crippen molar-refractivity contribution >= 4 is 11.8 Å². The van der Waals surface area contributed by atoms with E-state index in [2.05, 4.69) is 56.7 Å². The van der Waals surface area contributed by atoms with Gasteiger partial charge in [-0.25, -0.2) is 4.98 Å². The lowest BCUT2D eigenvalue weighted by atomic mass is 10.1. The topological polar surface area (TPSA) is 41.1 Å². The first-order valence-electron chi connectivity index (χ1n) is 7.76. The van der Waals surface area contributed by atoms with Crippen LogP contribution in [0.5, 0.6) is 0 Å². The van der Waals surface area contributed by atoms with Gasteiger partial charge >= 0.3 is 0 Å². The normalized spacial score (nSPS) is 11.2. The fraction of sp³-hybridized carbons (Fsp3) is 0.750. The van der Waals surface area contributed by atoms with E-state index < -0.39 is 0 Å². The molecule has 1 rings (SSSR count). The van der Waals surface area contributed by atoms with Crippen LogP contribution in [0.1, 0.15) is 46.6 Å². The zero-order chi connectivity index (χ0) is 15.1. The lowest BCUT2D eigenvalue weighted by molar-refractivity contribution is 0.547. The number of aryl methyl sites for hydroxylation is 1. The Bertz CT molecular complexity index is 391. The lowest BCUT2D eigenvalue weighted by Gasteiger charge is -2.28. The summed E-state index contributed by atoms with van der Waals surface area (Å²) >= 11 is 0. The molecule has 0 atom stereocenters. The minimum atomic E-state index is 0.621. The van der Waals surface area contributed by atoms with Crippen molar-refractivity contribution in [2.45, 2.75) is 48.0 Å². The van der Waals surface area contributed by atoms with Gasteiger partial charge in [-0.05, 0) is 25.2 Å². The third kappa shape index (κ3) is 5.35. The van der Waals surface area contributed by atoms with Gasteiger partial charge in [0.05, 0.1) is 0 Å². The van der Waals surface area contributed by atoms with E-state index in [-0.39, 0.29) is 0 Å². The summed E-state index contributed by atoms with van der Waals surface area (Å²) in [4.78, 5) is 11.5. The molecule has 1 aromatic rings. The first kappa shape index (κ1) is 16.7. The second-order valence-electron chi connectivity index (χ2n) is 6.32. The van der Waals surface area contributed by atoms with Crippen LogP contribution in [-0.4, -0.2) is 29.6 Å².